The Hall–Kier alpha value is -2.69. The Morgan fingerprint density at radius 3 is 2.73 bits per heavy atom. The van der Waals surface area contributed by atoms with E-state index >= 15 is 0 Å². The lowest BCUT2D eigenvalue weighted by Crippen LogP contribution is -2.34. The average molecular weight is 297 g/mol. The number of nitrogens with zero attached hydrogens (tertiary/aromatic N) is 1. The zero-order valence-corrected chi connectivity index (χ0v) is 12.7. The number of benzene rings is 2. The largest absolute Gasteiger partial charge is 0.497 e. The van der Waals surface area contributed by atoms with E-state index < -0.39 is 0 Å². The average Bonchev–Trinajstić information content (AvgIpc) is 2.54. The normalized spacial score (nSPS) is 18.3. The van der Waals surface area contributed by atoms with Crippen molar-refractivity contribution in [1.29, 1.82) is 0 Å². The van der Waals surface area contributed by atoms with Gasteiger partial charge >= 0.3 is 0 Å². The van der Waals surface area contributed by atoms with E-state index in [0.717, 1.165) is 28.6 Å². The van der Waals surface area contributed by atoms with Gasteiger partial charge in [-0.1, -0.05) is 12.1 Å². The number of fused-ring (bicyclic) bond motifs is 1. The fourth-order valence-corrected chi connectivity index (χ4v) is 2.31. The van der Waals surface area contributed by atoms with Crippen LogP contribution in [0.15, 0.2) is 47.5 Å². The number of nitrogen functional groups attached to an aromatic ring is 1. The van der Waals surface area contributed by atoms with Crippen LogP contribution in [0.25, 0.3) is 0 Å². The SMILES string of the molecule is COc1ccc(CN=C2Nc3cc(N)ccc3OC2C)cc1. The molecule has 3 N–H and O–H groups in total. The number of rotatable bonds is 3. The summed E-state index contributed by atoms with van der Waals surface area (Å²) in [6, 6.07) is 13.4. The maximum Gasteiger partial charge on any atom is 0.153 e. The minimum Gasteiger partial charge on any atom is -0.497 e. The third-order valence-electron chi connectivity index (χ3n) is 3.55. The van der Waals surface area contributed by atoms with Gasteiger partial charge in [0.2, 0.25) is 0 Å². The van der Waals surface area contributed by atoms with Crippen LogP contribution >= 0.6 is 0 Å². The van der Waals surface area contributed by atoms with Crippen molar-refractivity contribution in [3.8, 4) is 11.5 Å². The van der Waals surface area contributed by atoms with Crippen LogP contribution in [0, 0.1) is 0 Å². The summed E-state index contributed by atoms with van der Waals surface area (Å²) in [5.74, 6) is 2.44. The quantitative estimate of drug-likeness (QED) is 0.854. The van der Waals surface area contributed by atoms with Gasteiger partial charge in [0, 0.05) is 5.69 Å². The predicted molar refractivity (Wildman–Crippen MR) is 88.7 cm³/mol. The summed E-state index contributed by atoms with van der Waals surface area (Å²) in [4.78, 5) is 4.62. The number of ether oxygens (including phenoxy) is 2. The number of hydrogen-bond donors (Lipinski definition) is 2. The molecule has 5 heteroatoms. The van der Waals surface area contributed by atoms with Gasteiger partial charge in [-0.3, -0.25) is 4.99 Å². The van der Waals surface area contributed by atoms with E-state index in [0.29, 0.717) is 12.2 Å². The first-order valence-corrected chi connectivity index (χ1v) is 7.16. The summed E-state index contributed by atoms with van der Waals surface area (Å²) in [5.41, 5.74) is 8.47. The van der Waals surface area contributed by atoms with E-state index in [9.17, 15) is 0 Å². The predicted octanol–water partition coefficient (Wildman–Crippen LogP) is 3.07. The summed E-state index contributed by atoms with van der Waals surface area (Å²) >= 11 is 0. The van der Waals surface area contributed by atoms with Crippen molar-refractivity contribution in [2.24, 2.45) is 4.99 Å². The Bertz CT molecular complexity index is 696. The van der Waals surface area contributed by atoms with Crippen LogP contribution < -0.4 is 20.5 Å². The molecule has 0 aromatic heterocycles. The molecule has 22 heavy (non-hydrogen) atoms. The van der Waals surface area contributed by atoms with Gasteiger partial charge in [0.1, 0.15) is 17.3 Å². The molecular weight excluding hydrogens is 278 g/mol. The number of methoxy groups -OCH3 is 1. The third-order valence-corrected chi connectivity index (χ3v) is 3.55. The number of nitrogens with two attached hydrogens (primary N) is 1. The smallest absolute Gasteiger partial charge is 0.153 e. The van der Waals surface area contributed by atoms with Gasteiger partial charge in [-0.25, -0.2) is 0 Å². The third kappa shape index (κ3) is 2.98. The Labute approximate surface area is 129 Å². The van der Waals surface area contributed by atoms with Crippen LogP contribution in [-0.4, -0.2) is 19.0 Å². The number of hydrogen-bond acceptors (Lipinski definition) is 4. The first-order valence-electron chi connectivity index (χ1n) is 7.16. The highest BCUT2D eigenvalue weighted by Gasteiger charge is 2.21. The molecule has 0 amide bonds. The van der Waals surface area contributed by atoms with Crippen LogP contribution in [0.3, 0.4) is 0 Å². The summed E-state index contributed by atoms with van der Waals surface area (Å²) in [6.45, 7) is 2.55. The highest BCUT2D eigenvalue weighted by molar-refractivity contribution is 6.02. The van der Waals surface area contributed by atoms with Gasteiger partial charge < -0.3 is 20.5 Å². The van der Waals surface area contributed by atoms with Gasteiger partial charge in [0.15, 0.2) is 6.10 Å². The Morgan fingerprint density at radius 1 is 1.23 bits per heavy atom. The van der Waals surface area contributed by atoms with Crippen LogP contribution in [0.1, 0.15) is 12.5 Å². The van der Waals surface area contributed by atoms with Crippen molar-refractivity contribution in [2.75, 3.05) is 18.2 Å². The fraction of sp³-hybridized carbons (Fsp3) is 0.235. The Kier molecular flexibility index (Phi) is 3.87. The monoisotopic (exact) mass is 297 g/mol. The fourth-order valence-electron chi connectivity index (χ4n) is 2.31. The molecule has 1 aliphatic rings. The second-order valence-electron chi connectivity index (χ2n) is 5.19. The molecule has 1 aliphatic heterocycles. The highest BCUT2D eigenvalue weighted by atomic mass is 16.5. The van der Waals surface area contributed by atoms with Crippen molar-refractivity contribution in [3.63, 3.8) is 0 Å². The lowest BCUT2D eigenvalue weighted by Gasteiger charge is -2.26. The van der Waals surface area contributed by atoms with Gasteiger partial charge in [0.25, 0.3) is 0 Å². The van der Waals surface area contributed by atoms with Crippen molar-refractivity contribution >= 4 is 17.2 Å². The molecule has 1 unspecified atom stereocenters. The van der Waals surface area contributed by atoms with E-state index in [-0.39, 0.29) is 6.10 Å². The van der Waals surface area contributed by atoms with Crippen LogP contribution in [0.4, 0.5) is 11.4 Å². The first-order chi connectivity index (χ1) is 10.7. The molecule has 0 bridgehead atoms. The minimum atomic E-state index is -0.116. The maximum atomic E-state index is 5.86. The molecule has 0 saturated carbocycles. The topological polar surface area (TPSA) is 68.9 Å². The van der Waals surface area contributed by atoms with E-state index in [1.807, 2.05) is 49.4 Å². The van der Waals surface area contributed by atoms with E-state index in [4.69, 9.17) is 15.2 Å². The van der Waals surface area contributed by atoms with Gasteiger partial charge in [-0.15, -0.1) is 0 Å². The minimum absolute atomic E-state index is 0.116. The zero-order chi connectivity index (χ0) is 15.5. The molecule has 0 radical (unpaired) electrons. The number of aliphatic imine (C=N–C) groups is 1. The van der Waals surface area contributed by atoms with Gasteiger partial charge in [0.05, 0.1) is 19.3 Å². The molecule has 0 spiro atoms. The summed E-state index contributed by atoms with van der Waals surface area (Å²) in [6.07, 6.45) is -0.116. The summed E-state index contributed by atoms with van der Waals surface area (Å²) in [5, 5.41) is 3.30. The molecule has 114 valence electrons. The molecular formula is C17H19N3O2. The zero-order valence-electron chi connectivity index (χ0n) is 12.7. The number of nitrogens with one attached hydrogen (secondary N) is 1. The van der Waals surface area contributed by atoms with Crippen LogP contribution in [0.2, 0.25) is 0 Å². The molecule has 0 fully saturated rings. The molecule has 0 aliphatic carbocycles. The van der Waals surface area contributed by atoms with Crippen LogP contribution in [0.5, 0.6) is 11.5 Å². The first kappa shape index (κ1) is 14.3. The second-order valence-corrected chi connectivity index (χ2v) is 5.19. The van der Waals surface area contributed by atoms with E-state index in [2.05, 4.69) is 10.3 Å². The van der Waals surface area contributed by atoms with Gasteiger partial charge in [-0.2, -0.15) is 0 Å². The number of anilines is 2. The molecule has 2 aromatic carbocycles. The standard InChI is InChI=1S/C17H19N3O2/c1-11-17(19-10-12-3-6-14(21-2)7-4-12)20-15-9-13(18)5-8-16(15)22-11/h3-9,11H,10,18H2,1-2H3,(H,19,20). The maximum absolute atomic E-state index is 5.86. The van der Waals surface area contributed by atoms with Crippen molar-refractivity contribution in [3.05, 3.63) is 48.0 Å². The van der Waals surface area contributed by atoms with E-state index in [1.165, 1.54) is 0 Å². The van der Waals surface area contributed by atoms with Crippen molar-refractivity contribution in [2.45, 2.75) is 19.6 Å². The summed E-state index contributed by atoms with van der Waals surface area (Å²) < 4.78 is 11.0. The lowest BCUT2D eigenvalue weighted by molar-refractivity contribution is 0.282. The second kappa shape index (κ2) is 5.97. The molecule has 3 rings (SSSR count). The van der Waals surface area contributed by atoms with Gasteiger partial charge in [-0.05, 0) is 42.8 Å². The molecule has 2 aromatic rings. The Balaban J connectivity index is 1.76. The molecule has 0 saturated heterocycles. The van der Waals surface area contributed by atoms with E-state index in [1.54, 1.807) is 7.11 Å². The Morgan fingerprint density at radius 2 is 2.00 bits per heavy atom. The van der Waals surface area contributed by atoms with Crippen molar-refractivity contribution < 1.29 is 9.47 Å². The lowest BCUT2D eigenvalue weighted by atomic mass is 10.2. The molecule has 5 nitrogen and oxygen atoms in total. The molecule has 1 heterocycles. The van der Waals surface area contributed by atoms with Crippen molar-refractivity contribution in [1.82, 2.24) is 0 Å². The highest BCUT2D eigenvalue weighted by Crippen LogP contribution is 2.31. The van der Waals surface area contributed by atoms with Crippen LogP contribution in [-0.2, 0) is 6.54 Å². The number of amidine groups is 1. The molecule has 1 atom stereocenters. The summed E-state index contributed by atoms with van der Waals surface area (Å²) in [7, 11) is 1.66.